The van der Waals surface area contributed by atoms with Crippen LogP contribution >= 0.6 is 0 Å². The third kappa shape index (κ3) is 2.31. The fourth-order valence-corrected chi connectivity index (χ4v) is 2.13. The van der Waals surface area contributed by atoms with Crippen LogP contribution in [0.3, 0.4) is 0 Å². The molecule has 3 aromatic rings. The first-order chi connectivity index (χ1) is 9.78. The number of nitrogens with one attached hydrogen (secondary N) is 2. The number of para-hydroxylation sites is 1. The summed E-state index contributed by atoms with van der Waals surface area (Å²) in [6.07, 6.45) is 1.51. The number of furan rings is 1. The minimum Gasteiger partial charge on any atom is -0.467 e. The Kier molecular flexibility index (Phi) is 3.26. The summed E-state index contributed by atoms with van der Waals surface area (Å²) in [5, 5.41) is 13.0. The largest absolute Gasteiger partial charge is 0.467 e. The number of aliphatic hydroxyl groups is 1. The molecule has 3 rings (SSSR count). The summed E-state index contributed by atoms with van der Waals surface area (Å²) in [5.74, 6) is 0.244. The van der Waals surface area contributed by atoms with Gasteiger partial charge in [0.15, 0.2) is 0 Å². The Hall–Kier alpha value is -2.53. The second-order valence-corrected chi connectivity index (χ2v) is 4.49. The highest BCUT2D eigenvalue weighted by molar-refractivity contribution is 5.98. The number of aliphatic hydroxyl groups excluding tert-OH is 1. The van der Waals surface area contributed by atoms with E-state index in [9.17, 15) is 9.90 Å². The van der Waals surface area contributed by atoms with Crippen molar-refractivity contribution in [3.63, 3.8) is 0 Å². The quantitative estimate of drug-likeness (QED) is 0.680. The maximum atomic E-state index is 12.2. The Balaban J connectivity index is 1.81. The standard InChI is InChI=1S/C15H14N2O3/c18-9-13(14-6-3-7-20-14)17-15(19)12-8-10-4-1-2-5-11(10)16-12/h1-8,13,16,18H,9H2,(H,17,19). The van der Waals surface area contributed by atoms with Crippen molar-refractivity contribution in [1.29, 1.82) is 0 Å². The van der Waals surface area contributed by atoms with E-state index in [0.29, 0.717) is 11.5 Å². The summed E-state index contributed by atoms with van der Waals surface area (Å²) in [4.78, 5) is 15.2. The molecule has 0 saturated carbocycles. The zero-order valence-corrected chi connectivity index (χ0v) is 10.7. The van der Waals surface area contributed by atoms with Gasteiger partial charge in [-0.3, -0.25) is 4.79 Å². The molecule has 0 spiro atoms. The van der Waals surface area contributed by atoms with Crippen LogP contribution in [0.25, 0.3) is 10.9 Å². The van der Waals surface area contributed by atoms with Gasteiger partial charge in [-0.1, -0.05) is 18.2 Å². The lowest BCUT2D eigenvalue weighted by atomic mass is 10.2. The van der Waals surface area contributed by atoms with Gasteiger partial charge in [-0.2, -0.15) is 0 Å². The molecule has 0 aliphatic rings. The zero-order chi connectivity index (χ0) is 13.9. The lowest BCUT2D eigenvalue weighted by Gasteiger charge is -2.12. The second kappa shape index (κ2) is 5.22. The third-order valence-corrected chi connectivity index (χ3v) is 3.15. The van der Waals surface area contributed by atoms with Crippen LogP contribution in [0.2, 0.25) is 0 Å². The molecule has 0 radical (unpaired) electrons. The Morgan fingerprint density at radius 3 is 2.85 bits per heavy atom. The molecule has 2 aromatic heterocycles. The van der Waals surface area contributed by atoms with Crippen molar-refractivity contribution in [1.82, 2.24) is 10.3 Å². The molecule has 102 valence electrons. The summed E-state index contributed by atoms with van der Waals surface area (Å²) >= 11 is 0. The van der Waals surface area contributed by atoms with Gasteiger partial charge in [-0.15, -0.1) is 0 Å². The van der Waals surface area contributed by atoms with Gasteiger partial charge in [-0.05, 0) is 24.3 Å². The number of amides is 1. The Morgan fingerprint density at radius 1 is 1.30 bits per heavy atom. The summed E-state index contributed by atoms with van der Waals surface area (Å²) in [7, 11) is 0. The summed E-state index contributed by atoms with van der Waals surface area (Å²) in [6, 6.07) is 12.3. The molecule has 0 bridgehead atoms. The van der Waals surface area contributed by atoms with Crippen LogP contribution in [0.15, 0.2) is 53.1 Å². The van der Waals surface area contributed by atoms with Crippen LogP contribution in [0.5, 0.6) is 0 Å². The van der Waals surface area contributed by atoms with Crippen molar-refractivity contribution in [2.45, 2.75) is 6.04 Å². The molecular weight excluding hydrogens is 256 g/mol. The van der Waals surface area contributed by atoms with Gasteiger partial charge in [0.2, 0.25) is 0 Å². The predicted octanol–water partition coefficient (Wildman–Crippen LogP) is 2.22. The molecule has 3 N–H and O–H groups in total. The topological polar surface area (TPSA) is 78.3 Å². The van der Waals surface area contributed by atoms with E-state index in [4.69, 9.17) is 4.42 Å². The molecular formula is C15H14N2O3. The normalized spacial score (nSPS) is 12.4. The average Bonchev–Trinajstić information content (AvgIpc) is 3.13. The van der Waals surface area contributed by atoms with Crippen molar-refractivity contribution >= 4 is 16.8 Å². The molecule has 1 aromatic carbocycles. The first-order valence-corrected chi connectivity index (χ1v) is 6.31. The van der Waals surface area contributed by atoms with Crippen LogP contribution < -0.4 is 5.32 Å². The number of hydrogen-bond donors (Lipinski definition) is 3. The molecule has 0 saturated heterocycles. The van der Waals surface area contributed by atoms with Gasteiger partial charge in [0, 0.05) is 10.9 Å². The highest BCUT2D eigenvalue weighted by atomic mass is 16.3. The number of rotatable bonds is 4. The molecule has 0 aliphatic heterocycles. The van der Waals surface area contributed by atoms with Crippen molar-refractivity contribution in [2.75, 3.05) is 6.61 Å². The van der Waals surface area contributed by atoms with Gasteiger partial charge in [0.05, 0.1) is 12.9 Å². The van der Waals surface area contributed by atoms with E-state index in [-0.39, 0.29) is 12.5 Å². The van der Waals surface area contributed by atoms with Crippen LogP contribution in [0.4, 0.5) is 0 Å². The first kappa shape index (κ1) is 12.5. The number of benzene rings is 1. The number of carbonyl (C=O) groups excluding carboxylic acids is 1. The number of hydrogen-bond acceptors (Lipinski definition) is 3. The molecule has 2 heterocycles. The van der Waals surface area contributed by atoms with Gasteiger partial charge in [-0.25, -0.2) is 0 Å². The van der Waals surface area contributed by atoms with Gasteiger partial charge < -0.3 is 19.8 Å². The van der Waals surface area contributed by atoms with E-state index in [1.807, 2.05) is 24.3 Å². The van der Waals surface area contributed by atoms with E-state index >= 15 is 0 Å². The van der Waals surface area contributed by atoms with Gasteiger partial charge in [0.25, 0.3) is 5.91 Å². The lowest BCUT2D eigenvalue weighted by molar-refractivity contribution is 0.0903. The van der Waals surface area contributed by atoms with E-state index in [2.05, 4.69) is 10.3 Å². The van der Waals surface area contributed by atoms with E-state index in [0.717, 1.165) is 10.9 Å². The fourth-order valence-electron chi connectivity index (χ4n) is 2.13. The number of aromatic amines is 1. The molecule has 0 fully saturated rings. The zero-order valence-electron chi connectivity index (χ0n) is 10.7. The highest BCUT2D eigenvalue weighted by Gasteiger charge is 2.18. The Bertz CT molecular complexity index is 683. The summed E-state index contributed by atoms with van der Waals surface area (Å²) in [6.45, 7) is -0.223. The van der Waals surface area contributed by atoms with Crippen LogP contribution in [-0.4, -0.2) is 22.6 Å². The third-order valence-electron chi connectivity index (χ3n) is 3.15. The minimum absolute atomic E-state index is 0.223. The molecule has 1 amide bonds. The van der Waals surface area contributed by atoms with Crippen molar-refractivity contribution in [3.05, 3.63) is 60.2 Å². The van der Waals surface area contributed by atoms with E-state index in [1.54, 1.807) is 18.2 Å². The van der Waals surface area contributed by atoms with Crippen molar-refractivity contribution in [3.8, 4) is 0 Å². The second-order valence-electron chi connectivity index (χ2n) is 4.49. The highest BCUT2D eigenvalue weighted by Crippen LogP contribution is 2.17. The lowest BCUT2D eigenvalue weighted by Crippen LogP contribution is -2.30. The average molecular weight is 270 g/mol. The van der Waals surface area contributed by atoms with Gasteiger partial charge in [0.1, 0.15) is 17.5 Å². The van der Waals surface area contributed by atoms with E-state index in [1.165, 1.54) is 6.26 Å². The minimum atomic E-state index is -0.552. The molecule has 5 heteroatoms. The smallest absolute Gasteiger partial charge is 0.268 e. The Labute approximate surface area is 115 Å². The fraction of sp³-hybridized carbons (Fsp3) is 0.133. The number of H-pyrrole nitrogens is 1. The molecule has 0 aliphatic carbocycles. The molecule has 20 heavy (non-hydrogen) atoms. The van der Waals surface area contributed by atoms with Crippen molar-refractivity contribution in [2.24, 2.45) is 0 Å². The van der Waals surface area contributed by atoms with Gasteiger partial charge >= 0.3 is 0 Å². The monoisotopic (exact) mass is 270 g/mol. The Morgan fingerprint density at radius 2 is 2.15 bits per heavy atom. The van der Waals surface area contributed by atoms with Crippen LogP contribution in [-0.2, 0) is 0 Å². The predicted molar refractivity (Wildman–Crippen MR) is 74.3 cm³/mol. The van der Waals surface area contributed by atoms with Crippen LogP contribution in [0, 0.1) is 0 Å². The van der Waals surface area contributed by atoms with Crippen molar-refractivity contribution < 1.29 is 14.3 Å². The molecule has 5 nitrogen and oxygen atoms in total. The number of aromatic nitrogens is 1. The molecule has 1 atom stereocenters. The first-order valence-electron chi connectivity index (χ1n) is 6.31. The van der Waals surface area contributed by atoms with E-state index < -0.39 is 6.04 Å². The molecule has 1 unspecified atom stereocenters. The summed E-state index contributed by atoms with van der Waals surface area (Å²) in [5.41, 5.74) is 1.35. The van der Waals surface area contributed by atoms with Crippen LogP contribution in [0.1, 0.15) is 22.3 Å². The number of fused-ring (bicyclic) bond motifs is 1. The maximum absolute atomic E-state index is 12.2. The summed E-state index contributed by atoms with van der Waals surface area (Å²) < 4.78 is 5.20. The number of carbonyl (C=O) groups is 1. The maximum Gasteiger partial charge on any atom is 0.268 e. The SMILES string of the molecule is O=C(NC(CO)c1ccco1)c1cc2ccccc2[nH]1.